The van der Waals surface area contributed by atoms with Crippen LogP contribution in [0.5, 0.6) is 0 Å². The Morgan fingerprint density at radius 1 is 1.35 bits per heavy atom. The minimum Gasteiger partial charge on any atom is -0.241 e. The third-order valence-corrected chi connectivity index (χ3v) is 4.21. The Bertz CT molecular complexity index is 546. The molecule has 0 spiro atoms. The molecule has 0 aliphatic rings. The number of halogens is 4. The number of unbranched alkanes of at least 4 members (excludes halogenated alkanes) is 1. The van der Waals surface area contributed by atoms with Crippen molar-refractivity contribution in [1.29, 1.82) is 0 Å². The van der Waals surface area contributed by atoms with Crippen LogP contribution in [0.1, 0.15) is 19.8 Å². The summed E-state index contributed by atoms with van der Waals surface area (Å²) in [6.07, 6.45) is -2.94. The van der Waals surface area contributed by atoms with Gasteiger partial charge in [-0.15, -0.1) is 0 Å². The molecule has 0 amide bonds. The van der Waals surface area contributed by atoms with Crippen LogP contribution >= 0.6 is 0 Å². The second-order valence-corrected chi connectivity index (χ2v) is 5.95. The van der Waals surface area contributed by atoms with Crippen LogP contribution in [0, 0.1) is 5.82 Å². The van der Waals surface area contributed by atoms with Crippen LogP contribution in [0.2, 0.25) is 0 Å². The van der Waals surface area contributed by atoms with Gasteiger partial charge in [0.05, 0.1) is 0 Å². The standard InChI is InChI=1S/C11H14F4N2O2S/c1-2-3-7-17(8-11(13,14)15)20(18,19)10-9(12)5-4-6-16-10/h4-6H,2-3,7-8H2,1H3. The molecule has 1 aromatic heterocycles. The molecule has 0 aliphatic carbocycles. The maximum absolute atomic E-state index is 13.5. The van der Waals surface area contributed by atoms with Crippen LogP contribution in [0.25, 0.3) is 0 Å². The molecule has 4 nitrogen and oxygen atoms in total. The van der Waals surface area contributed by atoms with Crippen molar-refractivity contribution in [1.82, 2.24) is 9.29 Å². The van der Waals surface area contributed by atoms with E-state index in [1.54, 1.807) is 6.92 Å². The third kappa shape index (κ3) is 4.41. The summed E-state index contributed by atoms with van der Waals surface area (Å²) in [6, 6.07) is 2.00. The molecule has 0 saturated carbocycles. The first-order valence-corrected chi connectivity index (χ1v) is 7.30. The van der Waals surface area contributed by atoms with Crippen LogP contribution in [0.15, 0.2) is 23.4 Å². The molecule has 1 aromatic rings. The Balaban J connectivity index is 3.14. The van der Waals surface area contributed by atoms with E-state index in [9.17, 15) is 26.0 Å². The molecule has 0 bridgehead atoms. The predicted octanol–water partition coefficient (Wildman–Crippen LogP) is 2.57. The van der Waals surface area contributed by atoms with Crippen molar-refractivity contribution in [3.63, 3.8) is 0 Å². The highest BCUT2D eigenvalue weighted by Gasteiger charge is 2.38. The molecule has 1 rings (SSSR count). The molecule has 0 saturated heterocycles. The highest BCUT2D eigenvalue weighted by molar-refractivity contribution is 7.89. The first-order chi connectivity index (χ1) is 9.18. The van der Waals surface area contributed by atoms with Gasteiger partial charge >= 0.3 is 6.18 Å². The molecule has 20 heavy (non-hydrogen) atoms. The molecule has 0 unspecified atom stereocenters. The van der Waals surface area contributed by atoms with Gasteiger partial charge < -0.3 is 0 Å². The van der Waals surface area contributed by atoms with E-state index in [0.29, 0.717) is 6.42 Å². The smallest absolute Gasteiger partial charge is 0.241 e. The summed E-state index contributed by atoms with van der Waals surface area (Å²) < 4.78 is 75.2. The van der Waals surface area contributed by atoms with Crippen molar-refractivity contribution >= 4 is 10.0 Å². The van der Waals surface area contributed by atoms with E-state index < -0.39 is 33.6 Å². The molecule has 0 aromatic carbocycles. The summed E-state index contributed by atoms with van der Waals surface area (Å²) in [4.78, 5) is 3.34. The second-order valence-electron chi connectivity index (χ2n) is 4.10. The monoisotopic (exact) mass is 314 g/mol. The van der Waals surface area contributed by atoms with Crippen molar-refractivity contribution in [2.75, 3.05) is 13.1 Å². The largest absolute Gasteiger partial charge is 0.402 e. The van der Waals surface area contributed by atoms with E-state index in [1.165, 1.54) is 0 Å². The number of rotatable bonds is 6. The van der Waals surface area contributed by atoms with Gasteiger partial charge in [-0.2, -0.15) is 17.5 Å². The second kappa shape index (κ2) is 6.49. The van der Waals surface area contributed by atoms with Crippen molar-refractivity contribution in [3.8, 4) is 0 Å². The number of pyridine rings is 1. The number of hydrogen-bond donors (Lipinski definition) is 0. The number of nitrogens with zero attached hydrogens (tertiary/aromatic N) is 2. The fourth-order valence-electron chi connectivity index (χ4n) is 1.50. The van der Waals surface area contributed by atoms with Crippen LogP contribution in [-0.2, 0) is 10.0 Å². The van der Waals surface area contributed by atoms with Gasteiger partial charge in [0.25, 0.3) is 10.0 Å². The van der Waals surface area contributed by atoms with Crippen LogP contribution in [0.3, 0.4) is 0 Å². The first-order valence-electron chi connectivity index (χ1n) is 5.86. The Morgan fingerprint density at radius 2 is 2.00 bits per heavy atom. The van der Waals surface area contributed by atoms with Crippen molar-refractivity contribution in [3.05, 3.63) is 24.1 Å². The summed E-state index contributed by atoms with van der Waals surface area (Å²) >= 11 is 0. The maximum Gasteiger partial charge on any atom is 0.402 e. The zero-order valence-electron chi connectivity index (χ0n) is 10.7. The van der Waals surface area contributed by atoms with Crippen LogP contribution in [0.4, 0.5) is 17.6 Å². The lowest BCUT2D eigenvalue weighted by molar-refractivity contribution is -0.136. The van der Waals surface area contributed by atoms with Crippen molar-refractivity contribution in [2.45, 2.75) is 31.0 Å². The third-order valence-electron chi connectivity index (χ3n) is 2.43. The lowest BCUT2D eigenvalue weighted by Crippen LogP contribution is -2.40. The van der Waals surface area contributed by atoms with Crippen molar-refractivity contribution < 1.29 is 26.0 Å². The Labute approximate surface area is 114 Å². The summed E-state index contributed by atoms with van der Waals surface area (Å²) in [5.74, 6) is -1.17. The summed E-state index contributed by atoms with van der Waals surface area (Å²) in [7, 11) is -4.61. The quantitative estimate of drug-likeness (QED) is 0.758. The van der Waals surface area contributed by atoms with Gasteiger partial charge in [-0.25, -0.2) is 17.8 Å². The van der Waals surface area contributed by atoms with Gasteiger partial charge in [0.15, 0.2) is 5.82 Å². The first kappa shape index (κ1) is 16.8. The van der Waals surface area contributed by atoms with Crippen LogP contribution < -0.4 is 0 Å². The Morgan fingerprint density at radius 3 is 2.50 bits per heavy atom. The molecule has 114 valence electrons. The van der Waals surface area contributed by atoms with E-state index in [1.807, 2.05) is 0 Å². The molecule has 0 atom stereocenters. The molecule has 1 heterocycles. The Kier molecular flexibility index (Phi) is 5.46. The van der Waals surface area contributed by atoms with Gasteiger partial charge in [0, 0.05) is 12.7 Å². The zero-order valence-corrected chi connectivity index (χ0v) is 11.5. The lowest BCUT2D eigenvalue weighted by Gasteiger charge is -2.22. The highest BCUT2D eigenvalue weighted by atomic mass is 32.2. The summed E-state index contributed by atoms with van der Waals surface area (Å²) in [6.45, 7) is -0.292. The molecular weight excluding hydrogens is 300 g/mol. The molecule has 9 heteroatoms. The van der Waals surface area contributed by atoms with Crippen LogP contribution in [-0.4, -0.2) is 37.0 Å². The molecule has 0 N–H and O–H groups in total. The molecule has 0 radical (unpaired) electrons. The number of aromatic nitrogens is 1. The topological polar surface area (TPSA) is 50.3 Å². The van der Waals surface area contributed by atoms with Gasteiger partial charge in [-0.05, 0) is 18.6 Å². The van der Waals surface area contributed by atoms with E-state index in [2.05, 4.69) is 4.98 Å². The predicted molar refractivity (Wildman–Crippen MR) is 63.9 cm³/mol. The molecule has 0 aliphatic heterocycles. The summed E-state index contributed by atoms with van der Waals surface area (Å²) in [5, 5.41) is -0.986. The van der Waals surface area contributed by atoms with E-state index >= 15 is 0 Å². The van der Waals surface area contributed by atoms with Gasteiger partial charge in [-0.1, -0.05) is 13.3 Å². The average molecular weight is 314 g/mol. The van der Waals surface area contributed by atoms with Gasteiger partial charge in [-0.3, -0.25) is 0 Å². The summed E-state index contributed by atoms with van der Waals surface area (Å²) in [5.41, 5.74) is 0. The lowest BCUT2D eigenvalue weighted by atomic mass is 10.3. The fraction of sp³-hybridized carbons (Fsp3) is 0.545. The maximum atomic E-state index is 13.5. The molecule has 0 fully saturated rings. The number of sulfonamides is 1. The minimum atomic E-state index is -4.70. The normalized spacial score (nSPS) is 12.9. The zero-order chi connectivity index (χ0) is 15.4. The number of hydrogen-bond acceptors (Lipinski definition) is 3. The number of alkyl halides is 3. The van der Waals surface area contributed by atoms with Gasteiger partial charge in [0.2, 0.25) is 5.03 Å². The van der Waals surface area contributed by atoms with E-state index in [0.717, 1.165) is 18.3 Å². The van der Waals surface area contributed by atoms with Gasteiger partial charge in [0.1, 0.15) is 6.54 Å². The highest BCUT2D eigenvalue weighted by Crippen LogP contribution is 2.23. The fourth-order valence-corrected chi connectivity index (χ4v) is 2.94. The average Bonchev–Trinajstić information content (AvgIpc) is 2.33. The van der Waals surface area contributed by atoms with E-state index in [4.69, 9.17) is 0 Å². The van der Waals surface area contributed by atoms with Crippen molar-refractivity contribution in [2.24, 2.45) is 0 Å². The molecular formula is C11H14F4N2O2S. The van der Waals surface area contributed by atoms with E-state index in [-0.39, 0.29) is 17.3 Å². The Hall–Kier alpha value is -1.22. The SMILES string of the molecule is CCCCN(CC(F)(F)F)S(=O)(=O)c1ncccc1F. The minimum absolute atomic E-state index is 0.210.